The van der Waals surface area contributed by atoms with Gasteiger partial charge in [-0.3, -0.25) is 14.4 Å². The lowest BCUT2D eigenvalue weighted by Gasteiger charge is -2.18. The summed E-state index contributed by atoms with van der Waals surface area (Å²) in [5.41, 5.74) is 4.19. The van der Waals surface area contributed by atoms with Gasteiger partial charge in [0.2, 0.25) is 5.91 Å². The van der Waals surface area contributed by atoms with Gasteiger partial charge in [-0.2, -0.15) is 5.10 Å². The number of carbonyl (C=O) groups is 3. The Morgan fingerprint density at radius 1 is 1.00 bits per heavy atom. The molecular weight excluding hydrogens is 440 g/mol. The highest BCUT2D eigenvalue weighted by molar-refractivity contribution is 5.89. The minimum atomic E-state index is -1.35. The van der Waals surface area contributed by atoms with Gasteiger partial charge in [-0.05, 0) is 28.3 Å². The van der Waals surface area contributed by atoms with Crippen LogP contribution in [0.5, 0.6) is 0 Å². The smallest absolute Gasteiger partial charge is 0.407 e. The number of aromatic amines is 1. The predicted molar refractivity (Wildman–Crippen MR) is 121 cm³/mol. The Kier molecular flexibility index (Phi) is 6.67. The lowest BCUT2D eigenvalue weighted by molar-refractivity contribution is -0.139. The summed E-state index contributed by atoms with van der Waals surface area (Å²) in [4.78, 5) is 47.3. The van der Waals surface area contributed by atoms with Gasteiger partial charge in [0.05, 0.1) is 18.7 Å². The van der Waals surface area contributed by atoms with Crippen LogP contribution < -0.4 is 16.2 Å². The number of hydrogen-bond donors (Lipinski definition) is 4. The first-order valence-corrected chi connectivity index (χ1v) is 10.6. The van der Waals surface area contributed by atoms with Crippen molar-refractivity contribution in [2.45, 2.75) is 24.9 Å². The molecule has 1 aliphatic carbocycles. The Balaban J connectivity index is 1.38. The van der Waals surface area contributed by atoms with Crippen LogP contribution in [0.2, 0.25) is 0 Å². The highest BCUT2D eigenvalue weighted by Gasteiger charge is 2.30. The molecule has 0 saturated heterocycles. The number of H-pyrrole nitrogens is 1. The molecule has 2 aromatic carbocycles. The molecule has 174 valence electrons. The van der Waals surface area contributed by atoms with E-state index in [4.69, 9.17) is 9.84 Å². The molecule has 1 unspecified atom stereocenters. The summed E-state index contributed by atoms with van der Waals surface area (Å²) in [5.74, 6) is -2.15. The van der Waals surface area contributed by atoms with Crippen LogP contribution in [-0.2, 0) is 20.9 Å². The molecule has 1 heterocycles. The van der Waals surface area contributed by atoms with E-state index in [1.54, 1.807) is 0 Å². The number of rotatable bonds is 8. The number of hydrogen-bond acceptors (Lipinski definition) is 6. The normalized spacial score (nSPS) is 12.8. The third kappa shape index (κ3) is 5.12. The van der Waals surface area contributed by atoms with Gasteiger partial charge >= 0.3 is 12.1 Å². The zero-order chi connectivity index (χ0) is 24.1. The second kappa shape index (κ2) is 9.99. The first-order valence-electron chi connectivity index (χ1n) is 10.6. The second-order valence-electron chi connectivity index (χ2n) is 7.75. The number of carbonyl (C=O) groups excluding carboxylic acids is 2. The monoisotopic (exact) mass is 462 g/mol. The molecule has 0 fully saturated rings. The standard InChI is InChI=1S/C24H22N4O6/c29-21-10-9-14(27-28-21)12-25-23(32)20(11-22(30)31)26-24(33)34-13-19-17-7-3-1-5-15(17)16-6-2-4-8-18(16)19/h1-10,19-20H,11-13H2,(H,25,32)(H,26,33)(H,28,29)(H,30,31). The van der Waals surface area contributed by atoms with Crippen LogP contribution in [-0.4, -0.2) is 45.9 Å². The predicted octanol–water partition coefficient (Wildman–Crippen LogP) is 1.77. The first-order chi connectivity index (χ1) is 16.4. The maximum Gasteiger partial charge on any atom is 0.407 e. The van der Waals surface area contributed by atoms with Crippen molar-refractivity contribution in [3.63, 3.8) is 0 Å². The van der Waals surface area contributed by atoms with Crippen LogP contribution in [0.15, 0.2) is 65.5 Å². The number of carboxylic acids is 1. The Hall–Kier alpha value is -4.47. The fraction of sp³-hybridized carbons (Fsp3) is 0.208. The van der Waals surface area contributed by atoms with E-state index in [0.717, 1.165) is 22.3 Å². The summed E-state index contributed by atoms with van der Waals surface area (Å²) < 4.78 is 5.40. The molecule has 1 atom stereocenters. The number of nitrogens with one attached hydrogen (secondary N) is 3. The van der Waals surface area contributed by atoms with Crippen LogP contribution in [0.4, 0.5) is 4.79 Å². The maximum absolute atomic E-state index is 12.5. The van der Waals surface area contributed by atoms with E-state index in [1.165, 1.54) is 12.1 Å². The molecule has 1 aromatic heterocycles. The van der Waals surface area contributed by atoms with E-state index in [9.17, 15) is 19.2 Å². The van der Waals surface area contributed by atoms with Gasteiger partial charge in [-0.25, -0.2) is 9.89 Å². The van der Waals surface area contributed by atoms with Gasteiger partial charge in [-0.15, -0.1) is 0 Å². The van der Waals surface area contributed by atoms with Crippen molar-refractivity contribution in [1.82, 2.24) is 20.8 Å². The molecule has 0 spiro atoms. The van der Waals surface area contributed by atoms with Crippen LogP contribution in [0.1, 0.15) is 29.2 Å². The van der Waals surface area contributed by atoms with Crippen molar-refractivity contribution in [3.8, 4) is 11.1 Å². The van der Waals surface area contributed by atoms with Gasteiger partial charge < -0.3 is 20.5 Å². The molecule has 0 radical (unpaired) electrons. The molecule has 10 heteroatoms. The van der Waals surface area contributed by atoms with Crippen molar-refractivity contribution >= 4 is 18.0 Å². The van der Waals surface area contributed by atoms with Gasteiger partial charge in [0.1, 0.15) is 12.6 Å². The highest BCUT2D eigenvalue weighted by Crippen LogP contribution is 2.44. The largest absolute Gasteiger partial charge is 0.481 e. The van der Waals surface area contributed by atoms with E-state index in [0.29, 0.717) is 5.69 Å². The van der Waals surface area contributed by atoms with Gasteiger partial charge in [0, 0.05) is 12.0 Å². The number of amides is 2. The molecule has 2 amide bonds. The molecular formula is C24H22N4O6. The van der Waals surface area contributed by atoms with Crippen LogP contribution in [0.25, 0.3) is 11.1 Å². The Labute approximate surface area is 194 Å². The van der Waals surface area contributed by atoms with Crippen LogP contribution in [0, 0.1) is 0 Å². The summed E-state index contributed by atoms with van der Waals surface area (Å²) in [6.45, 7) is -0.0271. The topological polar surface area (TPSA) is 150 Å². The molecule has 1 aliphatic rings. The Bertz CT molecular complexity index is 1220. The molecule has 0 saturated carbocycles. The molecule has 10 nitrogen and oxygen atoms in total. The highest BCUT2D eigenvalue weighted by atomic mass is 16.5. The number of ether oxygens (including phenoxy) is 1. The molecule has 3 aromatic rings. The molecule has 0 aliphatic heterocycles. The summed E-state index contributed by atoms with van der Waals surface area (Å²) in [6.07, 6.45) is -1.53. The lowest BCUT2D eigenvalue weighted by atomic mass is 9.98. The van der Waals surface area contributed by atoms with Crippen molar-refractivity contribution in [2.75, 3.05) is 6.61 Å². The minimum Gasteiger partial charge on any atom is -0.481 e. The quantitative estimate of drug-likeness (QED) is 0.398. The number of benzene rings is 2. The zero-order valence-electron chi connectivity index (χ0n) is 18.0. The summed E-state index contributed by atoms with van der Waals surface area (Å²) in [6, 6.07) is 17.0. The summed E-state index contributed by atoms with van der Waals surface area (Å²) in [5, 5.41) is 20.0. The van der Waals surface area contributed by atoms with E-state index < -0.39 is 36.0 Å². The van der Waals surface area contributed by atoms with E-state index >= 15 is 0 Å². The molecule has 4 N–H and O–H groups in total. The van der Waals surface area contributed by atoms with Crippen molar-refractivity contribution in [3.05, 3.63) is 87.8 Å². The average Bonchev–Trinajstić information content (AvgIpc) is 3.15. The maximum atomic E-state index is 12.5. The van der Waals surface area contributed by atoms with E-state index in [1.807, 2.05) is 48.5 Å². The number of fused-ring (bicyclic) bond motifs is 3. The van der Waals surface area contributed by atoms with Crippen molar-refractivity contribution in [2.24, 2.45) is 0 Å². The van der Waals surface area contributed by atoms with Gasteiger partial charge in [-0.1, -0.05) is 48.5 Å². The Morgan fingerprint density at radius 3 is 2.24 bits per heavy atom. The van der Waals surface area contributed by atoms with Crippen molar-refractivity contribution < 1.29 is 24.2 Å². The minimum absolute atomic E-state index is 0.0303. The summed E-state index contributed by atoms with van der Waals surface area (Å²) >= 11 is 0. The Morgan fingerprint density at radius 2 is 1.65 bits per heavy atom. The number of carboxylic acid groups (broad SMARTS) is 1. The second-order valence-corrected chi connectivity index (χ2v) is 7.75. The molecule has 4 rings (SSSR count). The fourth-order valence-electron chi connectivity index (χ4n) is 3.94. The third-order valence-corrected chi connectivity index (χ3v) is 5.51. The van der Waals surface area contributed by atoms with E-state index in [2.05, 4.69) is 20.8 Å². The van der Waals surface area contributed by atoms with Gasteiger partial charge in [0.15, 0.2) is 0 Å². The lowest BCUT2D eigenvalue weighted by Crippen LogP contribution is -2.48. The van der Waals surface area contributed by atoms with Crippen LogP contribution in [0.3, 0.4) is 0 Å². The molecule has 34 heavy (non-hydrogen) atoms. The van der Waals surface area contributed by atoms with Gasteiger partial charge in [0.25, 0.3) is 5.56 Å². The molecule has 0 bridgehead atoms. The van der Waals surface area contributed by atoms with Crippen LogP contribution >= 0.6 is 0 Å². The van der Waals surface area contributed by atoms with E-state index in [-0.39, 0.29) is 19.1 Å². The fourth-order valence-corrected chi connectivity index (χ4v) is 3.94. The summed E-state index contributed by atoms with van der Waals surface area (Å²) in [7, 11) is 0. The number of aromatic nitrogens is 2. The number of nitrogens with zero attached hydrogens (tertiary/aromatic N) is 1. The zero-order valence-corrected chi connectivity index (χ0v) is 18.0. The first kappa shape index (κ1) is 22.7. The average molecular weight is 462 g/mol. The SMILES string of the molecule is O=C(O)CC(NC(=O)OCC1c2ccccc2-c2ccccc21)C(=O)NCc1ccc(=O)[nH]n1. The third-order valence-electron chi connectivity index (χ3n) is 5.51. The number of alkyl carbamates (subject to hydrolysis) is 1. The number of aliphatic carboxylic acids is 1. The van der Waals surface area contributed by atoms with Crippen molar-refractivity contribution in [1.29, 1.82) is 0 Å².